The van der Waals surface area contributed by atoms with Gasteiger partial charge in [0.2, 0.25) is 0 Å². The zero-order valence-corrected chi connectivity index (χ0v) is 21.4. The summed E-state index contributed by atoms with van der Waals surface area (Å²) in [6, 6.07) is 14.3. The van der Waals surface area contributed by atoms with Crippen LogP contribution in [0.3, 0.4) is 0 Å². The SMILES string of the molecule is CC(C)Cc1ccc(C2=NC(c3ccc4c(c3)CCC4C3CCCC3)=CC2)cc1C(C)(C)C. The summed E-state index contributed by atoms with van der Waals surface area (Å²) in [6.07, 6.45) is 12.8. The van der Waals surface area contributed by atoms with E-state index in [4.69, 9.17) is 4.99 Å². The minimum absolute atomic E-state index is 0.144. The van der Waals surface area contributed by atoms with Gasteiger partial charge < -0.3 is 0 Å². The van der Waals surface area contributed by atoms with E-state index in [-0.39, 0.29) is 5.41 Å². The Bertz CT molecular complexity index is 1090. The molecule has 1 unspecified atom stereocenters. The fourth-order valence-corrected chi connectivity index (χ4v) is 6.53. The molecular weight excluding hydrogens is 398 g/mol. The number of allylic oxidation sites excluding steroid dienone is 1. The van der Waals surface area contributed by atoms with Crippen LogP contribution in [0.2, 0.25) is 0 Å². The normalized spacial score (nSPS) is 21.0. The number of rotatable bonds is 5. The van der Waals surface area contributed by atoms with Crippen molar-refractivity contribution in [2.45, 2.75) is 97.3 Å². The van der Waals surface area contributed by atoms with Crippen LogP contribution in [0.1, 0.15) is 112 Å². The second-order valence-corrected chi connectivity index (χ2v) is 12.2. The van der Waals surface area contributed by atoms with E-state index in [0.29, 0.717) is 5.92 Å². The Labute approximate surface area is 201 Å². The highest BCUT2D eigenvalue weighted by atomic mass is 14.8. The summed E-state index contributed by atoms with van der Waals surface area (Å²) in [4.78, 5) is 5.14. The first-order valence-corrected chi connectivity index (χ1v) is 13.3. The van der Waals surface area contributed by atoms with Gasteiger partial charge in [-0.25, -0.2) is 0 Å². The second-order valence-electron chi connectivity index (χ2n) is 12.2. The lowest BCUT2D eigenvalue weighted by Gasteiger charge is -2.25. The molecule has 1 fully saturated rings. The summed E-state index contributed by atoms with van der Waals surface area (Å²) < 4.78 is 0. The summed E-state index contributed by atoms with van der Waals surface area (Å²) in [5.41, 5.74) is 11.3. The van der Waals surface area contributed by atoms with Crippen molar-refractivity contribution in [2.75, 3.05) is 0 Å². The van der Waals surface area contributed by atoms with Crippen molar-refractivity contribution in [3.8, 4) is 0 Å². The number of fused-ring (bicyclic) bond motifs is 1. The predicted octanol–water partition coefficient (Wildman–Crippen LogP) is 8.64. The molecule has 3 aliphatic rings. The standard InChI is InChI=1S/C32H41N/c1-21(2)18-24-10-11-26(20-29(24)32(3,4)5)31-17-16-30(33-31)25-13-15-28-23(19-25)12-14-27(28)22-8-6-7-9-22/h10-11,13,15-16,19-22,27H,6-9,12,14,17-18H2,1-5H3. The molecule has 0 saturated heterocycles. The van der Waals surface area contributed by atoms with Crippen LogP contribution in [0.4, 0.5) is 0 Å². The highest BCUT2D eigenvalue weighted by Gasteiger charge is 2.31. The molecule has 33 heavy (non-hydrogen) atoms. The number of hydrogen-bond donors (Lipinski definition) is 0. The van der Waals surface area contributed by atoms with Gasteiger partial charge in [-0.15, -0.1) is 0 Å². The van der Waals surface area contributed by atoms with Crippen LogP contribution in [-0.2, 0) is 18.3 Å². The van der Waals surface area contributed by atoms with E-state index in [1.165, 1.54) is 72.2 Å². The van der Waals surface area contributed by atoms with Gasteiger partial charge in [-0.2, -0.15) is 0 Å². The Morgan fingerprint density at radius 3 is 2.42 bits per heavy atom. The van der Waals surface area contributed by atoms with E-state index in [0.717, 1.165) is 24.7 Å². The van der Waals surface area contributed by atoms with E-state index in [1.807, 2.05) is 0 Å². The second kappa shape index (κ2) is 8.90. The monoisotopic (exact) mass is 439 g/mol. The lowest BCUT2D eigenvalue weighted by Crippen LogP contribution is -2.16. The number of hydrogen-bond acceptors (Lipinski definition) is 1. The molecule has 2 aromatic carbocycles. The molecule has 1 saturated carbocycles. The molecule has 2 aliphatic carbocycles. The Kier molecular flexibility index (Phi) is 6.10. The fourth-order valence-electron chi connectivity index (χ4n) is 6.53. The molecule has 5 rings (SSSR count). The van der Waals surface area contributed by atoms with E-state index in [1.54, 1.807) is 11.1 Å². The Balaban J connectivity index is 1.39. The maximum atomic E-state index is 5.14. The third-order valence-electron chi connectivity index (χ3n) is 8.16. The third kappa shape index (κ3) is 4.61. The Morgan fingerprint density at radius 2 is 1.70 bits per heavy atom. The van der Waals surface area contributed by atoms with Crippen LogP contribution in [0.15, 0.2) is 47.5 Å². The number of nitrogens with zero attached hydrogens (tertiary/aromatic N) is 1. The van der Waals surface area contributed by atoms with Crippen molar-refractivity contribution in [1.29, 1.82) is 0 Å². The summed E-state index contributed by atoms with van der Waals surface area (Å²) in [5, 5.41) is 0. The van der Waals surface area contributed by atoms with Crippen molar-refractivity contribution >= 4 is 11.4 Å². The van der Waals surface area contributed by atoms with Gasteiger partial charge in [0, 0.05) is 12.0 Å². The Hall–Kier alpha value is -2.15. The maximum absolute atomic E-state index is 5.14. The van der Waals surface area contributed by atoms with Gasteiger partial charge in [0.15, 0.2) is 0 Å². The molecule has 0 radical (unpaired) electrons. The van der Waals surface area contributed by atoms with E-state index in [2.05, 4.69) is 77.1 Å². The molecule has 1 nitrogen and oxygen atoms in total. The lowest BCUT2D eigenvalue weighted by atomic mass is 9.80. The van der Waals surface area contributed by atoms with E-state index in [9.17, 15) is 0 Å². The molecule has 0 aromatic heterocycles. The largest absolute Gasteiger partial charge is 0.252 e. The summed E-state index contributed by atoms with van der Waals surface area (Å²) in [7, 11) is 0. The average Bonchev–Trinajstić information content (AvgIpc) is 3.52. The minimum atomic E-state index is 0.144. The molecular formula is C32H41N. The van der Waals surface area contributed by atoms with E-state index < -0.39 is 0 Å². The smallest absolute Gasteiger partial charge is 0.0669 e. The number of aryl methyl sites for hydroxylation is 1. The minimum Gasteiger partial charge on any atom is -0.252 e. The molecule has 0 spiro atoms. The number of aliphatic imine (C=N–C) groups is 1. The highest BCUT2D eigenvalue weighted by molar-refractivity contribution is 6.07. The fraction of sp³-hybridized carbons (Fsp3) is 0.531. The van der Waals surface area contributed by atoms with Crippen LogP contribution in [-0.4, -0.2) is 5.71 Å². The first-order valence-electron chi connectivity index (χ1n) is 13.3. The van der Waals surface area contributed by atoms with Gasteiger partial charge in [0.1, 0.15) is 0 Å². The van der Waals surface area contributed by atoms with E-state index >= 15 is 0 Å². The van der Waals surface area contributed by atoms with Gasteiger partial charge in [-0.05, 0) is 95.2 Å². The predicted molar refractivity (Wildman–Crippen MR) is 142 cm³/mol. The van der Waals surface area contributed by atoms with Gasteiger partial charge in [0.25, 0.3) is 0 Å². The van der Waals surface area contributed by atoms with Crippen LogP contribution in [0.25, 0.3) is 5.70 Å². The molecule has 2 aromatic rings. The van der Waals surface area contributed by atoms with Crippen LogP contribution < -0.4 is 0 Å². The van der Waals surface area contributed by atoms with Crippen molar-refractivity contribution in [3.05, 3.63) is 75.9 Å². The Morgan fingerprint density at radius 1 is 0.939 bits per heavy atom. The first-order chi connectivity index (χ1) is 15.8. The molecule has 0 N–H and O–H groups in total. The number of benzene rings is 2. The molecule has 0 amide bonds. The van der Waals surface area contributed by atoms with Crippen LogP contribution >= 0.6 is 0 Å². The van der Waals surface area contributed by atoms with Crippen molar-refractivity contribution in [3.63, 3.8) is 0 Å². The average molecular weight is 440 g/mol. The summed E-state index contributed by atoms with van der Waals surface area (Å²) in [5.74, 6) is 2.42. The first kappa shape index (κ1) is 22.6. The topological polar surface area (TPSA) is 12.4 Å². The van der Waals surface area contributed by atoms with Crippen LogP contribution in [0, 0.1) is 11.8 Å². The lowest BCUT2D eigenvalue weighted by molar-refractivity contribution is 0.432. The van der Waals surface area contributed by atoms with Gasteiger partial charge in [0.05, 0.1) is 11.4 Å². The summed E-state index contributed by atoms with van der Waals surface area (Å²) >= 11 is 0. The van der Waals surface area contributed by atoms with Crippen molar-refractivity contribution in [1.82, 2.24) is 0 Å². The summed E-state index contributed by atoms with van der Waals surface area (Å²) in [6.45, 7) is 11.6. The third-order valence-corrected chi connectivity index (χ3v) is 8.16. The van der Waals surface area contributed by atoms with Gasteiger partial charge in [-0.3, -0.25) is 4.99 Å². The highest BCUT2D eigenvalue weighted by Crippen LogP contribution is 2.45. The zero-order valence-electron chi connectivity index (χ0n) is 21.4. The molecule has 0 bridgehead atoms. The quantitative estimate of drug-likeness (QED) is 0.442. The maximum Gasteiger partial charge on any atom is 0.0669 e. The molecule has 1 heteroatoms. The molecule has 1 atom stereocenters. The van der Waals surface area contributed by atoms with Crippen molar-refractivity contribution < 1.29 is 0 Å². The molecule has 1 heterocycles. The van der Waals surface area contributed by atoms with Gasteiger partial charge in [-0.1, -0.05) is 77.8 Å². The van der Waals surface area contributed by atoms with Gasteiger partial charge >= 0.3 is 0 Å². The zero-order chi connectivity index (χ0) is 23.2. The van der Waals surface area contributed by atoms with Crippen molar-refractivity contribution in [2.24, 2.45) is 16.8 Å². The molecule has 174 valence electrons. The van der Waals surface area contributed by atoms with Crippen LogP contribution in [0.5, 0.6) is 0 Å². The molecule has 1 aliphatic heterocycles.